The molecule has 4 rings (SSSR count). The number of anilines is 1. The number of carbonyl (C=O) groups excluding carboxylic acids is 1. The lowest BCUT2D eigenvalue weighted by Gasteiger charge is -2.20. The molecule has 2 aromatic carbocycles. The molecule has 2 aromatic heterocycles. The van der Waals surface area contributed by atoms with Crippen molar-refractivity contribution in [2.75, 3.05) is 31.4 Å². The molecule has 172 valence electrons. The van der Waals surface area contributed by atoms with Gasteiger partial charge in [0, 0.05) is 35.9 Å². The van der Waals surface area contributed by atoms with Crippen LogP contribution in [0.25, 0.3) is 10.2 Å². The van der Waals surface area contributed by atoms with Crippen LogP contribution in [0.2, 0.25) is 0 Å². The van der Waals surface area contributed by atoms with Crippen LogP contribution in [0.3, 0.4) is 0 Å². The molecule has 0 aliphatic heterocycles. The smallest absolute Gasteiger partial charge is 0.260 e. The van der Waals surface area contributed by atoms with E-state index in [-0.39, 0.29) is 5.91 Å². The molecule has 9 heteroatoms. The molecule has 7 nitrogen and oxygen atoms in total. The number of benzene rings is 2. The first-order chi connectivity index (χ1) is 16.1. The van der Waals surface area contributed by atoms with Crippen LogP contribution in [0.4, 0.5) is 5.13 Å². The molecule has 0 N–H and O–H groups in total. The SMILES string of the molecule is CCSc1cccc(C(=O)N(CCCn2ccnc2)c2nc3c(OC)ccc(OC)c3s2)c1. The van der Waals surface area contributed by atoms with Gasteiger partial charge in [0.25, 0.3) is 5.91 Å². The number of fused-ring (bicyclic) bond motifs is 1. The van der Waals surface area contributed by atoms with Crippen molar-refractivity contribution in [3.8, 4) is 11.5 Å². The Morgan fingerprint density at radius 1 is 1.18 bits per heavy atom. The van der Waals surface area contributed by atoms with Crippen molar-refractivity contribution < 1.29 is 14.3 Å². The van der Waals surface area contributed by atoms with E-state index in [1.54, 1.807) is 43.4 Å². The number of methoxy groups -OCH3 is 2. The van der Waals surface area contributed by atoms with E-state index in [9.17, 15) is 4.79 Å². The lowest BCUT2D eigenvalue weighted by Crippen LogP contribution is -2.32. The van der Waals surface area contributed by atoms with Crippen molar-refractivity contribution in [3.05, 3.63) is 60.7 Å². The van der Waals surface area contributed by atoms with Crippen molar-refractivity contribution >= 4 is 44.4 Å². The number of ether oxygens (including phenoxy) is 2. The van der Waals surface area contributed by atoms with Gasteiger partial charge in [-0.15, -0.1) is 11.8 Å². The quantitative estimate of drug-likeness (QED) is 0.284. The van der Waals surface area contributed by atoms with Gasteiger partial charge in [-0.3, -0.25) is 9.69 Å². The zero-order chi connectivity index (χ0) is 23.2. The first kappa shape index (κ1) is 23.1. The summed E-state index contributed by atoms with van der Waals surface area (Å²) in [4.78, 5) is 25.4. The zero-order valence-corrected chi connectivity index (χ0v) is 20.5. The standard InChI is InChI=1S/C24H26N4O3S2/c1-4-32-18-8-5-7-17(15-18)23(29)28(13-6-12-27-14-11-25-16-27)24-26-21-19(30-2)9-10-20(31-3)22(21)33-24/h5,7-11,14-16H,4,6,12-13H2,1-3H3. The largest absolute Gasteiger partial charge is 0.495 e. The number of carbonyl (C=O) groups is 1. The number of aromatic nitrogens is 3. The highest BCUT2D eigenvalue weighted by molar-refractivity contribution is 7.99. The van der Waals surface area contributed by atoms with Gasteiger partial charge in [-0.2, -0.15) is 0 Å². The Kier molecular flexibility index (Phi) is 7.51. The number of hydrogen-bond acceptors (Lipinski definition) is 7. The highest BCUT2D eigenvalue weighted by atomic mass is 32.2. The second kappa shape index (κ2) is 10.7. The summed E-state index contributed by atoms with van der Waals surface area (Å²) in [6.07, 6.45) is 6.22. The second-order valence-electron chi connectivity index (χ2n) is 7.22. The Morgan fingerprint density at radius 2 is 2.00 bits per heavy atom. The van der Waals surface area contributed by atoms with E-state index in [0.717, 1.165) is 28.3 Å². The highest BCUT2D eigenvalue weighted by Crippen LogP contribution is 2.40. The minimum absolute atomic E-state index is 0.0730. The number of imidazole rings is 1. The first-order valence-corrected chi connectivity index (χ1v) is 12.5. The number of rotatable bonds is 10. The molecule has 0 aliphatic rings. The molecule has 0 aliphatic carbocycles. The molecule has 33 heavy (non-hydrogen) atoms. The molecule has 2 heterocycles. The average Bonchev–Trinajstić information content (AvgIpc) is 3.51. The molecular weight excluding hydrogens is 456 g/mol. The van der Waals surface area contributed by atoms with Gasteiger partial charge in [-0.25, -0.2) is 9.97 Å². The third kappa shape index (κ3) is 5.15. The Bertz CT molecular complexity index is 1180. The Labute approximate surface area is 201 Å². The van der Waals surface area contributed by atoms with E-state index in [0.29, 0.717) is 34.3 Å². The van der Waals surface area contributed by atoms with Gasteiger partial charge in [0.05, 0.1) is 20.5 Å². The van der Waals surface area contributed by atoms with Gasteiger partial charge in [0.15, 0.2) is 5.13 Å². The minimum Gasteiger partial charge on any atom is -0.495 e. The van der Waals surface area contributed by atoms with Crippen molar-refractivity contribution in [2.45, 2.75) is 24.8 Å². The summed E-state index contributed by atoms with van der Waals surface area (Å²) in [5, 5.41) is 0.622. The molecule has 0 saturated heterocycles. The van der Waals surface area contributed by atoms with Crippen LogP contribution in [-0.4, -0.2) is 47.0 Å². The first-order valence-electron chi connectivity index (χ1n) is 10.7. The Hall–Kier alpha value is -3.04. The number of thiazole rings is 1. The van der Waals surface area contributed by atoms with Crippen LogP contribution >= 0.6 is 23.1 Å². The summed E-state index contributed by atoms with van der Waals surface area (Å²) in [5.41, 5.74) is 1.34. The van der Waals surface area contributed by atoms with E-state index in [1.807, 2.05) is 47.2 Å². The van der Waals surface area contributed by atoms with Crippen LogP contribution in [0.5, 0.6) is 11.5 Å². The van der Waals surface area contributed by atoms with Gasteiger partial charge >= 0.3 is 0 Å². The topological polar surface area (TPSA) is 69.5 Å². The van der Waals surface area contributed by atoms with E-state index in [1.165, 1.54) is 11.3 Å². The number of hydrogen-bond donors (Lipinski definition) is 0. The molecule has 1 amide bonds. The fourth-order valence-corrected chi connectivity index (χ4v) is 5.36. The molecule has 0 radical (unpaired) electrons. The lowest BCUT2D eigenvalue weighted by molar-refractivity contribution is 0.0986. The maximum absolute atomic E-state index is 13.7. The fourth-order valence-electron chi connectivity index (χ4n) is 3.55. The third-order valence-electron chi connectivity index (χ3n) is 5.12. The van der Waals surface area contributed by atoms with Crippen molar-refractivity contribution in [2.24, 2.45) is 0 Å². The summed E-state index contributed by atoms with van der Waals surface area (Å²) in [7, 11) is 3.25. The van der Waals surface area contributed by atoms with Crippen LogP contribution in [-0.2, 0) is 6.54 Å². The minimum atomic E-state index is -0.0730. The van der Waals surface area contributed by atoms with Crippen LogP contribution in [0.15, 0.2) is 60.0 Å². The van der Waals surface area contributed by atoms with Gasteiger partial charge in [0.1, 0.15) is 21.7 Å². The van der Waals surface area contributed by atoms with Crippen molar-refractivity contribution in [1.29, 1.82) is 0 Å². The normalized spacial score (nSPS) is 11.0. The molecular formula is C24H26N4O3S2. The molecule has 0 atom stereocenters. The van der Waals surface area contributed by atoms with Crippen LogP contribution in [0, 0.1) is 0 Å². The maximum Gasteiger partial charge on any atom is 0.260 e. The van der Waals surface area contributed by atoms with Gasteiger partial charge in [-0.1, -0.05) is 24.3 Å². The summed E-state index contributed by atoms with van der Waals surface area (Å²) < 4.78 is 13.9. The van der Waals surface area contributed by atoms with Crippen molar-refractivity contribution in [1.82, 2.24) is 14.5 Å². The van der Waals surface area contributed by atoms with Crippen LogP contribution < -0.4 is 14.4 Å². The molecule has 4 aromatic rings. The monoisotopic (exact) mass is 482 g/mol. The fraction of sp³-hybridized carbons (Fsp3) is 0.292. The Morgan fingerprint density at radius 3 is 2.73 bits per heavy atom. The highest BCUT2D eigenvalue weighted by Gasteiger charge is 2.23. The van der Waals surface area contributed by atoms with Crippen molar-refractivity contribution in [3.63, 3.8) is 0 Å². The number of aryl methyl sites for hydroxylation is 1. The molecule has 0 spiro atoms. The number of amides is 1. The Balaban J connectivity index is 1.70. The van der Waals surface area contributed by atoms with Gasteiger partial charge < -0.3 is 14.0 Å². The molecule has 0 fully saturated rings. The van der Waals surface area contributed by atoms with E-state index < -0.39 is 0 Å². The zero-order valence-electron chi connectivity index (χ0n) is 18.9. The maximum atomic E-state index is 13.7. The summed E-state index contributed by atoms with van der Waals surface area (Å²) in [6, 6.07) is 11.5. The second-order valence-corrected chi connectivity index (χ2v) is 9.53. The molecule has 0 saturated carbocycles. The van der Waals surface area contributed by atoms with Crippen LogP contribution in [0.1, 0.15) is 23.7 Å². The lowest BCUT2D eigenvalue weighted by atomic mass is 10.2. The predicted molar refractivity (Wildman–Crippen MR) is 134 cm³/mol. The summed E-state index contributed by atoms with van der Waals surface area (Å²) >= 11 is 3.15. The molecule has 0 unspecified atom stereocenters. The summed E-state index contributed by atoms with van der Waals surface area (Å²) in [6.45, 7) is 3.38. The summed E-state index contributed by atoms with van der Waals surface area (Å²) in [5.74, 6) is 2.24. The number of nitrogens with zero attached hydrogens (tertiary/aromatic N) is 4. The van der Waals surface area contributed by atoms with Gasteiger partial charge in [-0.05, 0) is 42.5 Å². The molecule has 0 bridgehead atoms. The number of thioether (sulfide) groups is 1. The van der Waals surface area contributed by atoms with E-state index in [4.69, 9.17) is 14.5 Å². The van der Waals surface area contributed by atoms with Gasteiger partial charge in [0.2, 0.25) is 0 Å². The van der Waals surface area contributed by atoms with E-state index in [2.05, 4.69) is 11.9 Å². The third-order valence-corrected chi connectivity index (χ3v) is 7.09. The average molecular weight is 483 g/mol. The van der Waals surface area contributed by atoms with E-state index >= 15 is 0 Å². The predicted octanol–water partition coefficient (Wildman–Crippen LogP) is 5.36.